The molecule has 0 bridgehead atoms. The van der Waals surface area contributed by atoms with Crippen LogP contribution in [-0.2, 0) is 0 Å². The van der Waals surface area contributed by atoms with Crippen LogP contribution in [0.25, 0.3) is 0 Å². The lowest BCUT2D eigenvalue weighted by atomic mass is 10.3. The molecule has 0 aliphatic rings. The van der Waals surface area contributed by atoms with Gasteiger partial charge in [-0.1, -0.05) is 18.3 Å². The molecule has 3 N–H and O–H groups in total. The van der Waals surface area contributed by atoms with Gasteiger partial charge in [0.05, 0.1) is 0 Å². The quantitative estimate of drug-likeness (QED) is 0.841. The predicted octanol–water partition coefficient (Wildman–Crippen LogP) is 1.71. The summed E-state index contributed by atoms with van der Waals surface area (Å²) < 4.78 is 0. The largest absolute Gasteiger partial charge is 0.382 e. The fourth-order valence-electron chi connectivity index (χ4n) is 1.40. The number of nitrogens with two attached hydrogens (primary N) is 1. The first-order valence-electron chi connectivity index (χ1n) is 5.74. The van der Waals surface area contributed by atoms with E-state index in [1.54, 1.807) is 0 Å². The van der Waals surface area contributed by atoms with Gasteiger partial charge in [-0.2, -0.15) is 0 Å². The van der Waals surface area contributed by atoms with Crippen LogP contribution < -0.4 is 16.0 Å². The van der Waals surface area contributed by atoms with Crippen LogP contribution >= 0.6 is 11.3 Å². The minimum atomic E-state index is -0.147. The minimum Gasteiger partial charge on any atom is -0.382 e. The molecule has 1 amide bonds. The van der Waals surface area contributed by atoms with Crippen LogP contribution in [0.1, 0.15) is 36.9 Å². The monoisotopic (exact) mass is 256 g/mol. The number of amides is 1. The van der Waals surface area contributed by atoms with Crippen LogP contribution in [0.15, 0.2) is 0 Å². The van der Waals surface area contributed by atoms with Crippen molar-refractivity contribution in [2.75, 3.05) is 24.2 Å². The highest BCUT2D eigenvalue weighted by Gasteiger charge is 2.18. The summed E-state index contributed by atoms with van der Waals surface area (Å²) in [4.78, 5) is 18.6. The Bertz CT molecular complexity index is 389. The van der Waals surface area contributed by atoms with E-state index in [2.05, 4.69) is 17.2 Å². The van der Waals surface area contributed by atoms with Crippen molar-refractivity contribution in [1.82, 2.24) is 10.3 Å². The summed E-state index contributed by atoms with van der Waals surface area (Å²) in [5.41, 5.74) is 5.76. The third-order valence-corrected chi connectivity index (χ3v) is 3.34. The Morgan fingerprint density at radius 1 is 1.59 bits per heavy atom. The van der Waals surface area contributed by atoms with E-state index in [9.17, 15) is 4.79 Å². The molecule has 17 heavy (non-hydrogen) atoms. The first-order chi connectivity index (χ1) is 7.95. The van der Waals surface area contributed by atoms with Crippen molar-refractivity contribution in [3.8, 4) is 0 Å². The summed E-state index contributed by atoms with van der Waals surface area (Å²) in [7, 11) is 1.95. The lowest BCUT2D eigenvalue weighted by molar-refractivity contribution is 0.0948. The molecule has 0 aliphatic heterocycles. The Hall–Kier alpha value is -1.30. The molecule has 1 rings (SSSR count). The molecule has 0 saturated heterocycles. The molecule has 6 heteroatoms. The van der Waals surface area contributed by atoms with Crippen LogP contribution in [0.2, 0.25) is 0 Å². The topological polar surface area (TPSA) is 71.2 Å². The van der Waals surface area contributed by atoms with Crippen molar-refractivity contribution in [3.05, 3.63) is 4.88 Å². The highest BCUT2D eigenvalue weighted by Crippen LogP contribution is 2.27. The molecule has 1 aromatic rings. The van der Waals surface area contributed by atoms with Gasteiger partial charge in [-0.3, -0.25) is 4.79 Å². The van der Waals surface area contributed by atoms with Crippen molar-refractivity contribution >= 4 is 28.2 Å². The summed E-state index contributed by atoms with van der Waals surface area (Å²) in [5.74, 6) is 0.164. The average molecular weight is 256 g/mol. The van der Waals surface area contributed by atoms with Crippen molar-refractivity contribution in [3.63, 3.8) is 0 Å². The van der Waals surface area contributed by atoms with Gasteiger partial charge in [0.15, 0.2) is 5.13 Å². The Morgan fingerprint density at radius 2 is 2.24 bits per heavy atom. The number of rotatable bonds is 5. The zero-order chi connectivity index (χ0) is 13.0. The van der Waals surface area contributed by atoms with Gasteiger partial charge in [0.25, 0.3) is 5.91 Å². The summed E-state index contributed by atoms with van der Waals surface area (Å²) in [6.45, 7) is 6.83. The maximum Gasteiger partial charge on any atom is 0.265 e. The first kappa shape index (κ1) is 13.8. The number of nitrogens with one attached hydrogen (secondary N) is 1. The van der Waals surface area contributed by atoms with E-state index in [1.165, 1.54) is 11.3 Å². The first-order valence-corrected chi connectivity index (χ1v) is 6.55. The minimum absolute atomic E-state index is 0.0980. The molecule has 0 aliphatic carbocycles. The molecule has 0 spiro atoms. The number of nitrogen functional groups attached to an aromatic ring is 1. The average Bonchev–Trinajstić information content (AvgIpc) is 2.59. The normalized spacial score (nSPS) is 10.6. The number of carbonyl (C=O) groups is 1. The van der Waals surface area contributed by atoms with Gasteiger partial charge >= 0.3 is 0 Å². The van der Waals surface area contributed by atoms with E-state index in [0.717, 1.165) is 18.1 Å². The fraction of sp³-hybridized carbons (Fsp3) is 0.636. The Labute approximate surface area is 106 Å². The molecule has 0 unspecified atom stereocenters. The smallest absolute Gasteiger partial charge is 0.265 e. The van der Waals surface area contributed by atoms with E-state index in [0.29, 0.717) is 10.7 Å². The van der Waals surface area contributed by atoms with Gasteiger partial charge in [-0.15, -0.1) is 0 Å². The zero-order valence-corrected chi connectivity index (χ0v) is 11.6. The van der Waals surface area contributed by atoms with Crippen LogP contribution in [-0.4, -0.2) is 30.5 Å². The van der Waals surface area contributed by atoms with Gasteiger partial charge in [0.1, 0.15) is 10.7 Å². The standard InChI is InChI=1S/C11H20N4OS/c1-5-6-15(4)11-14-9(12)8(17-11)10(16)13-7(2)3/h7H,5-6,12H2,1-4H3,(H,13,16). The molecule has 0 atom stereocenters. The van der Waals surface area contributed by atoms with E-state index < -0.39 is 0 Å². The van der Waals surface area contributed by atoms with Crippen molar-refractivity contribution in [2.24, 2.45) is 0 Å². The maximum absolute atomic E-state index is 11.8. The summed E-state index contributed by atoms with van der Waals surface area (Å²) in [6, 6.07) is 0.0980. The maximum atomic E-state index is 11.8. The number of anilines is 2. The number of hydrogen-bond acceptors (Lipinski definition) is 5. The second kappa shape index (κ2) is 5.86. The number of nitrogens with zero attached hydrogens (tertiary/aromatic N) is 2. The van der Waals surface area contributed by atoms with Gasteiger partial charge in [0, 0.05) is 19.6 Å². The molecule has 0 saturated carbocycles. The fourth-order valence-corrected chi connectivity index (χ4v) is 2.28. The van der Waals surface area contributed by atoms with Crippen LogP contribution in [0, 0.1) is 0 Å². The number of carbonyl (C=O) groups excluding carboxylic acids is 1. The summed E-state index contributed by atoms with van der Waals surface area (Å²) in [5, 5.41) is 3.61. The van der Waals surface area contributed by atoms with Crippen LogP contribution in [0.4, 0.5) is 10.9 Å². The van der Waals surface area contributed by atoms with Crippen LogP contribution in [0.3, 0.4) is 0 Å². The highest BCUT2D eigenvalue weighted by molar-refractivity contribution is 7.18. The Kier molecular flexibility index (Phi) is 4.74. The molecule has 0 aromatic carbocycles. The molecule has 5 nitrogen and oxygen atoms in total. The van der Waals surface area contributed by atoms with Crippen molar-refractivity contribution in [1.29, 1.82) is 0 Å². The molecule has 0 fully saturated rings. The van der Waals surface area contributed by atoms with Gasteiger partial charge < -0.3 is 16.0 Å². The Balaban J connectivity index is 2.84. The van der Waals surface area contributed by atoms with Crippen LogP contribution in [0.5, 0.6) is 0 Å². The Morgan fingerprint density at radius 3 is 2.76 bits per heavy atom. The summed E-state index contributed by atoms with van der Waals surface area (Å²) >= 11 is 1.34. The predicted molar refractivity (Wildman–Crippen MR) is 72.7 cm³/mol. The SMILES string of the molecule is CCCN(C)c1nc(N)c(C(=O)NC(C)C)s1. The lowest BCUT2D eigenvalue weighted by Crippen LogP contribution is -2.29. The summed E-state index contributed by atoms with van der Waals surface area (Å²) in [6.07, 6.45) is 1.03. The van der Waals surface area contributed by atoms with E-state index in [1.807, 2.05) is 25.8 Å². The van der Waals surface area contributed by atoms with E-state index >= 15 is 0 Å². The van der Waals surface area contributed by atoms with Crippen molar-refractivity contribution < 1.29 is 4.79 Å². The molecule has 1 aromatic heterocycles. The number of hydrogen-bond donors (Lipinski definition) is 2. The third-order valence-electron chi connectivity index (χ3n) is 2.15. The van der Waals surface area contributed by atoms with Gasteiger partial charge in [-0.05, 0) is 20.3 Å². The third kappa shape index (κ3) is 3.59. The zero-order valence-electron chi connectivity index (χ0n) is 10.8. The molecule has 1 heterocycles. The number of aromatic nitrogens is 1. The number of thiazole rings is 1. The van der Waals surface area contributed by atoms with E-state index in [4.69, 9.17) is 5.73 Å². The molecule has 96 valence electrons. The second-order valence-electron chi connectivity index (χ2n) is 4.26. The molecular weight excluding hydrogens is 236 g/mol. The van der Waals surface area contributed by atoms with Gasteiger partial charge in [-0.25, -0.2) is 4.98 Å². The van der Waals surface area contributed by atoms with Crippen molar-refractivity contribution in [2.45, 2.75) is 33.2 Å². The second-order valence-corrected chi connectivity index (χ2v) is 5.24. The lowest BCUT2D eigenvalue weighted by Gasteiger charge is -2.13. The molecular formula is C11H20N4OS. The van der Waals surface area contributed by atoms with E-state index in [-0.39, 0.29) is 11.9 Å². The highest BCUT2D eigenvalue weighted by atomic mass is 32.1. The van der Waals surface area contributed by atoms with Gasteiger partial charge in [0.2, 0.25) is 0 Å². The molecule has 0 radical (unpaired) electrons.